The van der Waals surface area contributed by atoms with Gasteiger partial charge in [0.15, 0.2) is 5.16 Å². The number of halogens is 1. The second kappa shape index (κ2) is 7.69. The van der Waals surface area contributed by atoms with E-state index in [0.717, 1.165) is 10.9 Å². The topological polar surface area (TPSA) is 79.8 Å². The van der Waals surface area contributed by atoms with E-state index in [1.54, 1.807) is 28.8 Å². The van der Waals surface area contributed by atoms with Crippen molar-refractivity contribution in [3.8, 4) is 0 Å². The van der Waals surface area contributed by atoms with Crippen LogP contribution in [0.5, 0.6) is 0 Å². The Morgan fingerprint density at radius 3 is 2.86 bits per heavy atom. The van der Waals surface area contributed by atoms with Gasteiger partial charge in [-0.15, -0.1) is 0 Å². The first-order valence-corrected chi connectivity index (χ1v) is 10.1. The highest BCUT2D eigenvalue weighted by Crippen LogP contribution is 2.24. The van der Waals surface area contributed by atoms with Gasteiger partial charge < -0.3 is 10.3 Å². The molecule has 0 radical (unpaired) electrons. The summed E-state index contributed by atoms with van der Waals surface area (Å²) in [6.45, 7) is 2.35. The van der Waals surface area contributed by atoms with Gasteiger partial charge in [-0.2, -0.15) is 0 Å². The molecule has 4 rings (SSSR count). The van der Waals surface area contributed by atoms with Crippen LogP contribution < -0.4 is 10.9 Å². The average Bonchev–Trinajstić information content (AvgIpc) is 3.06. The number of rotatable bonds is 5. The third-order valence-electron chi connectivity index (χ3n) is 4.33. The van der Waals surface area contributed by atoms with Crippen LogP contribution in [0.4, 0.5) is 5.69 Å². The van der Waals surface area contributed by atoms with E-state index in [9.17, 15) is 9.59 Å². The average molecular weight is 413 g/mol. The molecule has 2 heterocycles. The van der Waals surface area contributed by atoms with E-state index in [1.807, 2.05) is 31.2 Å². The van der Waals surface area contributed by atoms with Gasteiger partial charge >= 0.3 is 0 Å². The van der Waals surface area contributed by atoms with Gasteiger partial charge in [0.2, 0.25) is 5.91 Å². The molecule has 0 atom stereocenters. The minimum Gasteiger partial charge on any atom is -0.349 e. The van der Waals surface area contributed by atoms with Crippen LogP contribution >= 0.6 is 23.4 Å². The summed E-state index contributed by atoms with van der Waals surface area (Å²) in [6, 6.07) is 14.6. The molecule has 1 amide bonds. The first-order chi connectivity index (χ1) is 13.6. The van der Waals surface area contributed by atoms with Crippen molar-refractivity contribution in [3.63, 3.8) is 0 Å². The summed E-state index contributed by atoms with van der Waals surface area (Å²) >= 11 is 7.18. The number of amides is 1. The van der Waals surface area contributed by atoms with Gasteiger partial charge in [-0.25, -0.2) is 4.98 Å². The second-order valence-corrected chi connectivity index (χ2v) is 7.56. The summed E-state index contributed by atoms with van der Waals surface area (Å²) in [4.78, 5) is 33.0. The highest BCUT2D eigenvalue weighted by molar-refractivity contribution is 7.99. The van der Waals surface area contributed by atoms with Gasteiger partial charge in [0.05, 0.1) is 5.75 Å². The van der Waals surface area contributed by atoms with Gasteiger partial charge in [-0.05, 0) is 31.2 Å². The fourth-order valence-corrected chi connectivity index (χ4v) is 4.10. The van der Waals surface area contributed by atoms with E-state index >= 15 is 0 Å². The maximum absolute atomic E-state index is 12.9. The number of nitrogens with zero attached hydrogens (tertiary/aromatic N) is 2. The summed E-state index contributed by atoms with van der Waals surface area (Å²) < 4.78 is 1.58. The lowest BCUT2D eigenvalue weighted by Crippen LogP contribution is -2.23. The van der Waals surface area contributed by atoms with Crippen molar-refractivity contribution in [3.05, 3.63) is 63.9 Å². The van der Waals surface area contributed by atoms with Crippen molar-refractivity contribution in [1.29, 1.82) is 0 Å². The molecule has 6 nitrogen and oxygen atoms in total. The third-order valence-corrected chi connectivity index (χ3v) is 5.54. The molecule has 0 fully saturated rings. The van der Waals surface area contributed by atoms with Gasteiger partial charge in [-0.1, -0.05) is 47.6 Å². The van der Waals surface area contributed by atoms with Crippen molar-refractivity contribution >= 4 is 56.9 Å². The molecule has 2 aromatic carbocycles. The second-order valence-electron chi connectivity index (χ2n) is 6.19. The number of carbonyl (C=O) groups is 1. The number of carbonyl (C=O) groups excluding carboxylic acids is 1. The Kier molecular flexibility index (Phi) is 5.11. The van der Waals surface area contributed by atoms with E-state index in [0.29, 0.717) is 33.4 Å². The number of benzene rings is 2. The van der Waals surface area contributed by atoms with E-state index in [1.165, 1.54) is 11.8 Å². The lowest BCUT2D eigenvalue weighted by atomic mass is 10.2. The standard InChI is InChI=1S/C20H17ClN4O2S/c1-2-25-19(27)18-17(14-8-3-4-9-15(14)23-18)24-20(25)28-11-16(26)22-13-7-5-6-12(21)10-13/h3-10,23H,2,11H2,1H3,(H,22,26). The van der Waals surface area contributed by atoms with Crippen molar-refractivity contribution in [2.75, 3.05) is 11.1 Å². The molecule has 0 saturated heterocycles. The zero-order valence-corrected chi connectivity index (χ0v) is 16.6. The summed E-state index contributed by atoms with van der Waals surface area (Å²) in [6.07, 6.45) is 0. The Labute approximate surface area is 169 Å². The van der Waals surface area contributed by atoms with Crippen LogP contribution in [0.1, 0.15) is 6.92 Å². The number of thioether (sulfide) groups is 1. The number of hydrogen-bond acceptors (Lipinski definition) is 4. The number of hydrogen-bond donors (Lipinski definition) is 2. The number of aromatic nitrogens is 3. The maximum Gasteiger partial charge on any atom is 0.278 e. The van der Waals surface area contributed by atoms with Crippen LogP contribution in [0.2, 0.25) is 5.02 Å². The molecule has 0 bridgehead atoms. The molecular formula is C20H17ClN4O2S. The van der Waals surface area contributed by atoms with Crippen LogP contribution in [-0.4, -0.2) is 26.2 Å². The van der Waals surface area contributed by atoms with E-state index in [2.05, 4.69) is 15.3 Å². The normalized spacial score (nSPS) is 11.2. The molecule has 2 aromatic heterocycles. The summed E-state index contributed by atoms with van der Waals surface area (Å²) in [5, 5.41) is 4.77. The Hall–Kier alpha value is -2.77. The van der Waals surface area contributed by atoms with Crippen LogP contribution in [0.3, 0.4) is 0 Å². The molecule has 0 aliphatic heterocycles. The van der Waals surface area contributed by atoms with Gasteiger partial charge in [0.1, 0.15) is 11.0 Å². The van der Waals surface area contributed by atoms with Crippen molar-refractivity contribution in [2.24, 2.45) is 0 Å². The SMILES string of the molecule is CCn1c(SCC(=O)Nc2cccc(Cl)c2)nc2c([nH]c3ccccc32)c1=O. The van der Waals surface area contributed by atoms with Crippen molar-refractivity contribution in [1.82, 2.24) is 14.5 Å². The zero-order chi connectivity index (χ0) is 19.7. The minimum atomic E-state index is -0.191. The molecule has 0 unspecified atom stereocenters. The molecular weight excluding hydrogens is 396 g/mol. The summed E-state index contributed by atoms with van der Waals surface area (Å²) in [7, 11) is 0. The summed E-state index contributed by atoms with van der Waals surface area (Å²) in [5.41, 5.74) is 2.47. The number of nitrogens with one attached hydrogen (secondary N) is 2. The number of fused-ring (bicyclic) bond motifs is 3. The van der Waals surface area contributed by atoms with Gasteiger partial charge in [-0.3, -0.25) is 14.2 Å². The van der Waals surface area contributed by atoms with E-state index in [4.69, 9.17) is 11.6 Å². The maximum atomic E-state index is 12.9. The molecule has 0 aliphatic rings. The van der Waals surface area contributed by atoms with Crippen LogP contribution in [0.15, 0.2) is 58.5 Å². The van der Waals surface area contributed by atoms with Crippen LogP contribution in [0, 0.1) is 0 Å². The quantitative estimate of drug-likeness (QED) is 0.378. The molecule has 2 N–H and O–H groups in total. The van der Waals surface area contributed by atoms with Crippen molar-refractivity contribution in [2.45, 2.75) is 18.6 Å². The summed E-state index contributed by atoms with van der Waals surface area (Å²) in [5.74, 6) is -0.0597. The van der Waals surface area contributed by atoms with Crippen LogP contribution in [-0.2, 0) is 11.3 Å². The molecule has 0 spiro atoms. The lowest BCUT2D eigenvalue weighted by molar-refractivity contribution is -0.113. The first kappa shape index (κ1) is 18.6. The first-order valence-electron chi connectivity index (χ1n) is 8.76. The Bertz CT molecular complexity index is 1250. The predicted octanol–water partition coefficient (Wildman–Crippen LogP) is 4.28. The number of aromatic amines is 1. The predicted molar refractivity (Wildman–Crippen MR) is 114 cm³/mol. The molecule has 4 aromatic rings. The van der Waals surface area contributed by atoms with E-state index < -0.39 is 0 Å². The molecule has 0 aliphatic carbocycles. The fourth-order valence-electron chi connectivity index (χ4n) is 3.06. The van der Waals surface area contributed by atoms with E-state index in [-0.39, 0.29) is 17.2 Å². The monoisotopic (exact) mass is 412 g/mol. The third kappa shape index (κ3) is 3.50. The molecule has 28 heavy (non-hydrogen) atoms. The van der Waals surface area contributed by atoms with Gasteiger partial charge in [0.25, 0.3) is 5.56 Å². The minimum absolute atomic E-state index is 0.132. The largest absolute Gasteiger partial charge is 0.349 e. The zero-order valence-electron chi connectivity index (χ0n) is 15.0. The Morgan fingerprint density at radius 2 is 2.07 bits per heavy atom. The Morgan fingerprint density at radius 1 is 1.25 bits per heavy atom. The van der Waals surface area contributed by atoms with Crippen molar-refractivity contribution < 1.29 is 4.79 Å². The molecule has 8 heteroatoms. The molecule has 142 valence electrons. The number of H-pyrrole nitrogens is 1. The highest BCUT2D eigenvalue weighted by atomic mass is 35.5. The molecule has 0 saturated carbocycles. The highest BCUT2D eigenvalue weighted by Gasteiger charge is 2.16. The lowest BCUT2D eigenvalue weighted by Gasteiger charge is -2.10. The number of para-hydroxylation sites is 1. The Balaban J connectivity index is 1.63. The van der Waals surface area contributed by atoms with Crippen LogP contribution in [0.25, 0.3) is 21.9 Å². The smallest absolute Gasteiger partial charge is 0.278 e. The number of anilines is 1. The fraction of sp³-hybridized carbons (Fsp3) is 0.150. The van der Waals surface area contributed by atoms with Gasteiger partial charge in [0, 0.05) is 28.2 Å².